The van der Waals surface area contributed by atoms with E-state index in [0.29, 0.717) is 0 Å². The second kappa shape index (κ2) is 4.97. The summed E-state index contributed by atoms with van der Waals surface area (Å²) in [4.78, 5) is 4.89. The molecular formula is C14H18N4. The van der Waals surface area contributed by atoms with Gasteiger partial charge in [-0.3, -0.25) is 4.90 Å². The van der Waals surface area contributed by atoms with Crippen LogP contribution in [-0.2, 0) is 0 Å². The topological polar surface area (TPSA) is 42.3 Å². The second-order valence-electron chi connectivity index (χ2n) is 4.96. The first-order valence-corrected chi connectivity index (χ1v) is 6.57. The van der Waals surface area contributed by atoms with Crippen LogP contribution in [0.4, 0.5) is 5.69 Å². The normalized spacial score (nSPS) is 21.4. The molecule has 0 spiro atoms. The van der Waals surface area contributed by atoms with Crippen LogP contribution in [0.5, 0.6) is 0 Å². The first-order valence-electron chi connectivity index (χ1n) is 6.57. The average molecular weight is 242 g/mol. The average Bonchev–Trinajstić information content (AvgIpc) is 2.38. The molecule has 18 heavy (non-hydrogen) atoms. The lowest BCUT2D eigenvalue weighted by Crippen LogP contribution is -2.61. The number of hydrogen-bond acceptors (Lipinski definition) is 4. The van der Waals surface area contributed by atoms with Crippen molar-refractivity contribution >= 4 is 5.69 Å². The number of nitriles is 1. The van der Waals surface area contributed by atoms with Gasteiger partial charge in [0.1, 0.15) is 6.07 Å². The highest BCUT2D eigenvalue weighted by molar-refractivity contribution is 5.59. The van der Waals surface area contributed by atoms with Gasteiger partial charge in [-0.2, -0.15) is 5.26 Å². The van der Waals surface area contributed by atoms with E-state index >= 15 is 0 Å². The molecule has 2 saturated heterocycles. The van der Waals surface area contributed by atoms with Crippen molar-refractivity contribution in [3.8, 4) is 6.07 Å². The van der Waals surface area contributed by atoms with E-state index in [9.17, 15) is 0 Å². The quantitative estimate of drug-likeness (QED) is 0.827. The highest BCUT2D eigenvalue weighted by atomic mass is 15.3. The largest absolute Gasteiger partial charge is 0.368 e. The lowest BCUT2D eigenvalue weighted by molar-refractivity contribution is 0.138. The Bertz CT molecular complexity index is 453. The summed E-state index contributed by atoms with van der Waals surface area (Å²) in [6.45, 7) is 6.52. The zero-order chi connectivity index (χ0) is 12.4. The standard InChI is InChI=1S/C14H18N4/c15-9-12-3-1-2-4-14(12)18-7-5-17(6-8-18)13-10-16-11-13/h1-4,13,16H,5-8,10-11H2. The summed E-state index contributed by atoms with van der Waals surface area (Å²) in [7, 11) is 0. The van der Waals surface area contributed by atoms with Crippen molar-refractivity contribution in [2.75, 3.05) is 44.2 Å². The number of para-hydroxylation sites is 1. The molecule has 2 heterocycles. The fraction of sp³-hybridized carbons (Fsp3) is 0.500. The number of nitrogens with zero attached hydrogens (tertiary/aromatic N) is 3. The molecule has 1 aromatic rings. The van der Waals surface area contributed by atoms with Crippen molar-refractivity contribution in [1.29, 1.82) is 5.26 Å². The van der Waals surface area contributed by atoms with E-state index < -0.39 is 0 Å². The van der Waals surface area contributed by atoms with E-state index in [1.54, 1.807) is 0 Å². The van der Waals surface area contributed by atoms with Crippen molar-refractivity contribution in [3.05, 3.63) is 29.8 Å². The smallest absolute Gasteiger partial charge is 0.101 e. The second-order valence-corrected chi connectivity index (χ2v) is 4.96. The molecule has 2 aliphatic heterocycles. The van der Waals surface area contributed by atoms with Gasteiger partial charge < -0.3 is 10.2 Å². The number of nitrogens with one attached hydrogen (secondary N) is 1. The molecule has 0 unspecified atom stereocenters. The fourth-order valence-electron chi connectivity index (χ4n) is 2.70. The summed E-state index contributed by atoms with van der Waals surface area (Å²) in [5.74, 6) is 0. The minimum absolute atomic E-state index is 0.735. The molecule has 0 saturated carbocycles. The van der Waals surface area contributed by atoms with Gasteiger partial charge in [0.25, 0.3) is 0 Å². The molecule has 1 aromatic carbocycles. The van der Waals surface area contributed by atoms with Crippen molar-refractivity contribution in [3.63, 3.8) is 0 Å². The van der Waals surface area contributed by atoms with Gasteiger partial charge in [0, 0.05) is 45.3 Å². The monoisotopic (exact) mass is 242 g/mol. The van der Waals surface area contributed by atoms with Gasteiger partial charge in [-0.25, -0.2) is 0 Å². The van der Waals surface area contributed by atoms with Gasteiger partial charge in [0.15, 0.2) is 0 Å². The maximum atomic E-state index is 9.14. The summed E-state index contributed by atoms with van der Waals surface area (Å²) < 4.78 is 0. The van der Waals surface area contributed by atoms with E-state index in [-0.39, 0.29) is 0 Å². The zero-order valence-corrected chi connectivity index (χ0v) is 10.5. The Kier molecular flexibility index (Phi) is 3.18. The molecule has 2 aliphatic rings. The van der Waals surface area contributed by atoms with Gasteiger partial charge in [-0.1, -0.05) is 12.1 Å². The van der Waals surface area contributed by atoms with Crippen LogP contribution in [0.2, 0.25) is 0 Å². The Labute approximate surface area is 108 Å². The van der Waals surface area contributed by atoms with Crippen LogP contribution in [0.25, 0.3) is 0 Å². The number of benzene rings is 1. The molecule has 0 radical (unpaired) electrons. The van der Waals surface area contributed by atoms with Gasteiger partial charge in [-0.15, -0.1) is 0 Å². The lowest BCUT2D eigenvalue weighted by Gasteiger charge is -2.44. The zero-order valence-electron chi connectivity index (χ0n) is 10.5. The molecule has 0 bridgehead atoms. The van der Waals surface area contributed by atoms with Crippen molar-refractivity contribution in [2.45, 2.75) is 6.04 Å². The Morgan fingerprint density at radius 1 is 1.11 bits per heavy atom. The van der Waals surface area contributed by atoms with Crippen LogP contribution in [0.15, 0.2) is 24.3 Å². The predicted octanol–water partition coefficient (Wildman–Crippen LogP) is 0.652. The summed E-state index contributed by atoms with van der Waals surface area (Å²) in [6, 6.07) is 10.9. The molecule has 4 nitrogen and oxygen atoms in total. The molecule has 0 amide bonds. The molecule has 1 N–H and O–H groups in total. The lowest BCUT2D eigenvalue weighted by atomic mass is 10.1. The highest BCUT2D eigenvalue weighted by Gasteiger charge is 2.28. The first kappa shape index (κ1) is 11.5. The van der Waals surface area contributed by atoms with E-state index in [0.717, 1.165) is 56.6 Å². The number of piperazine rings is 1. The van der Waals surface area contributed by atoms with Crippen molar-refractivity contribution in [2.24, 2.45) is 0 Å². The molecule has 3 rings (SSSR count). The maximum absolute atomic E-state index is 9.14. The Balaban J connectivity index is 1.67. The van der Waals surface area contributed by atoms with Crippen LogP contribution in [-0.4, -0.2) is 50.2 Å². The fourth-order valence-corrected chi connectivity index (χ4v) is 2.70. The van der Waals surface area contributed by atoms with Crippen LogP contribution in [0.1, 0.15) is 5.56 Å². The van der Waals surface area contributed by atoms with Gasteiger partial charge in [0.2, 0.25) is 0 Å². The Morgan fingerprint density at radius 2 is 1.83 bits per heavy atom. The number of hydrogen-bond donors (Lipinski definition) is 1. The maximum Gasteiger partial charge on any atom is 0.101 e. The third-order valence-electron chi connectivity index (χ3n) is 3.96. The number of rotatable bonds is 2. The van der Waals surface area contributed by atoms with E-state index in [1.165, 1.54) is 0 Å². The Hall–Kier alpha value is -1.57. The van der Waals surface area contributed by atoms with Crippen LogP contribution < -0.4 is 10.2 Å². The summed E-state index contributed by atoms with van der Waals surface area (Å²) >= 11 is 0. The SMILES string of the molecule is N#Cc1ccccc1N1CCN(C2CNC2)CC1. The minimum Gasteiger partial charge on any atom is -0.368 e. The van der Waals surface area contributed by atoms with E-state index in [2.05, 4.69) is 27.3 Å². The van der Waals surface area contributed by atoms with Crippen LogP contribution in [0, 0.1) is 11.3 Å². The molecule has 0 atom stereocenters. The third-order valence-corrected chi connectivity index (χ3v) is 3.96. The molecule has 4 heteroatoms. The van der Waals surface area contributed by atoms with E-state index in [4.69, 9.17) is 5.26 Å². The molecule has 2 fully saturated rings. The Morgan fingerprint density at radius 3 is 2.44 bits per heavy atom. The first-order chi connectivity index (χ1) is 8.88. The van der Waals surface area contributed by atoms with Gasteiger partial charge in [-0.05, 0) is 12.1 Å². The van der Waals surface area contributed by atoms with Crippen LogP contribution >= 0.6 is 0 Å². The molecule has 94 valence electrons. The predicted molar refractivity (Wildman–Crippen MR) is 71.6 cm³/mol. The van der Waals surface area contributed by atoms with Crippen molar-refractivity contribution < 1.29 is 0 Å². The van der Waals surface area contributed by atoms with Crippen LogP contribution in [0.3, 0.4) is 0 Å². The summed E-state index contributed by atoms with van der Waals surface area (Å²) in [5.41, 5.74) is 1.88. The third kappa shape index (κ3) is 2.07. The summed E-state index contributed by atoms with van der Waals surface area (Å²) in [5, 5.41) is 12.5. The van der Waals surface area contributed by atoms with Gasteiger partial charge >= 0.3 is 0 Å². The molecular weight excluding hydrogens is 224 g/mol. The van der Waals surface area contributed by atoms with E-state index in [1.807, 2.05) is 18.2 Å². The van der Waals surface area contributed by atoms with Gasteiger partial charge in [0.05, 0.1) is 11.3 Å². The number of anilines is 1. The summed E-state index contributed by atoms with van der Waals surface area (Å²) in [6.07, 6.45) is 0. The minimum atomic E-state index is 0.735. The molecule has 0 aromatic heterocycles. The van der Waals surface area contributed by atoms with Crippen molar-refractivity contribution in [1.82, 2.24) is 10.2 Å². The molecule has 0 aliphatic carbocycles. The highest BCUT2D eigenvalue weighted by Crippen LogP contribution is 2.21.